The van der Waals surface area contributed by atoms with Crippen LogP contribution in [0.3, 0.4) is 0 Å². The molecule has 0 bridgehead atoms. The van der Waals surface area contributed by atoms with E-state index in [4.69, 9.17) is 9.47 Å². The maximum absolute atomic E-state index is 11.8. The summed E-state index contributed by atoms with van der Waals surface area (Å²) in [6, 6.07) is 4.86. The molecular weight excluding hydrogens is 236 g/mol. The molecule has 1 aromatic rings. The zero-order valence-corrected chi connectivity index (χ0v) is 9.80. The highest BCUT2D eigenvalue weighted by atomic mass is 16.7. The second-order valence-corrected chi connectivity index (χ2v) is 4.34. The van der Waals surface area contributed by atoms with Crippen LogP contribution in [0.1, 0.15) is 6.92 Å². The van der Waals surface area contributed by atoms with Gasteiger partial charge in [-0.3, -0.25) is 15.0 Å². The molecule has 0 saturated carbocycles. The highest BCUT2D eigenvalue weighted by Crippen LogP contribution is 2.36. The number of fused-ring (bicyclic) bond motifs is 1. The van der Waals surface area contributed by atoms with Gasteiger partial charge in [0.05, 0.1) is 5.92 Å². The van der Waals surface area contributed by atoms with Gasteiger partial charge in [-0.1, -0.05) is 6.92 Å². The van der Waals surface area contributed by atoms with Crippen LogP contribution < -0.4 is 19.7 Å². The summed E-state index contributed by atoms with van der Waals surface area (Å²) in [5.74, 6) is 0.815. The molecule has 0 spiro atoms. The van der Waals surface area contributed by atoms with Crippen LogP contribution in [0.15, 0.2) is 18.2 Å². The second-order valence-electron chi connectivity index (χ2n) is 4.34. The molecule has 1 aromatic carbocycles. The lowest BCUT2D eigenvalue weighted by Gasteiger charge is -2.30. The van der Waals surface area contributed by atoms with Crippen molar-refractivity contribution in [2.45, 2.75) is 6.92 Å². The monoisotopic (exact) mass is 248 g/mol. The molecule has 0 aliphatic carbocycles. The van der Waals surface area contributed by atoms with Crippen molar-refractivity contribution in [1.29, 1.82) is 0 Å². The zero-order chi connectivity index (χ0) is 12.7. The lowest BCUT2D eigenvalue weighted by atomic mass is 10.1. The summed E-state index contributed by atoms with van der Waals surface area (Å²) in [5, 5.41) is 2.32. The highest BCUT2D eigenvalue weighted by Gasteiger charge is 2.30. The first kappa shape index (κ1) is 10.9. The van der Waals surface area contributed by atoms with Gasteiger partial charge in [0.15, 0.2) is 11.5 Å². The van der Waals surface area contributed by atoms with E-state index >= 15 is 0 Å². The minimum absolute atomic E-state index is 0.194. The standard InChI is InChI=1S/C12H12N2O4/c1-7-5-14(12(16)13-11(7)15)8-2-3-9-10(4-8)18-6-17-9/h2-4,7H,5-6H2,1H3,(H,13,15,16). The molecule has 0 radical (unpaired) electrons. The Morgan fingerprint density at radius 3 is 2.89 bits per heavy atom. The van der Waals surface area contributed by atoms with E-state index in [0.717, 1.165) is 0 Å². The second kappa shape index (κ2) is 3.90. The highest BCUT2D eigenvalue weighted by molar-refractivity contribution is 6.06. The van der Waals surface area contributed by atoms with Crippen molar-refractivity contribution in [3.05, 3.63) is 18.2 Å². The van der Waals surface area contributed by atoms with Crippen LogP contribution in [-0.4, -0.2) is 25.3 Å². The number of carbonyl (C=O) groups is 2. The summed E-state index contributed by atoms with van der Waals surface area (Å²) in [7, 11) is 0. The van der Waals surface area contributed by atoms with E-state index in [1.807, 2.05) is 0 Å². The molecule has 1 unspecified atom stereocenters. The number of carbonyl (C=O) groups excluding carboxylic acids is 2. The number of nitrogens with zero attached hydrogens (tertiary/aromatic N) is 1. The number of anilines is 1. The number of imide groups is 1. The molecule has 6 nitrogen and oxygen atoms in total. The Kier molecular flexibility index (Phi) is 2.36. The van der Waals surface area contributed by atoms with Crippen LogP contribution in [0.2, 0.25) is 0 Å². The van der Waals surface area contributed by atoms with Crippen molar-refractivity contribution in [3.8, 4) is 11.5 Å². The van der Waals surface area contributed by atoms with Crippen LogP contribution >= 0.6 is 0 Å². The molecule has 2 heterocycles. The zero-order valence-electron chi connectivity index (χ0n) is 9.80. The Hall–Kier alpha value is -2.24. The average Bonchev–Trinajstić information content (AvgIpc) is 2.80. The summed E-state index contributed by atoms with van der Waals surface area (Å²) in [6.45, 7) is 2.34. The van der Waals surface area contributed by atoms with Crippen LogP contribution in [0.4, 0.5) is 10.5 Å². The molecule has 94 valence electrons. The molecule has 1 N–H and O–H groups in total. The Morgan fingerprint density at radius 1 is 1.28 bits per heavy atom. The van der Waals surface area contributed by atoms with Gasteiger partial charge in [-0.15, -0.1) is 0 Å². The molecule has 18 heavy (non-hydrogen) atoms. The number of amides is 3. The summed E-state index contributed by atoms with van der Waals surface area (Å²) < 4.78 is 10.5. The van der Waals surface area contributed by atoms with Crippen molar-refractivity contribution >= 4 is 17.6 Å². The smallest absolute Gasteiger partial charge is 0.328 e. The number of ether oxygens (including phenoxy) is 2. The fourth-order valence-corrected chi connectivity index (χ4v) is 2.01. The molecule has 2 aliphatic heterocycles. The first-order chi connectivity index (χ1) is 8.65. The Bertz CT molecular complexity index is 529. The third-order valence-corrected chi connectivity index (χ3v) is 3.05. The first-order valence-corrected chi connectivity index (χ1v) is 5.67. The SMILES string of the molecule is CC1CN(c2ccc3c(c2)OCO3)C(=O)NC1=O. The van der Waals surface area contributed by atoms with Gasteiger partial charge in [0, 0.05) is 18.3 Å². The summed E-state index contributed by atoms with van der Waals surface area (Å²) >= 11 is 0. The predicted octanol–water partition coefficient (Wildman–Crippen LogP) is 1.11. The van der Waals surface area contributed by atoms with Gasteiger partial charge in [0.25, 0.3) is 0 Å². The topological polar surface area (TPSA) is 67.9 Å². The molecule has 2 aliphatic rings. The lowest BCUT2D eigenvalue weighted by molar-refractivity contribution is -0.123. The van der Waals surface area contributed by atoms with E-state index in [2.05, 4.69) is 5.32 Å². The number of benzene rings is 1. The van der Waals surface area contributed by atoms with Crippen LogP contribution in [0.25, 0.3) is 0 Å². The van der Waals surface area contributed by atoms with E-state index in [1.54, 1.807) is 25.1 Å². The Morgan fingerprint density at radius 2 is 2.06 bits per heavy atom. The number of urea groups is 1. The molecule has 3 rings (SSSR count). The lowest BCUT2D eigenvalue weighted by Crippen LogP contribution is -2.53. The number of hydrogen-bond donors (Lipinski definition) is 1. The van der Waals surface area contributed by atoms with E-state index in [1.165, 1.54) is 4.90 Å². The molecule has 1 atom stereocenters. The van der Waals surface area contributed by atoms with Gasteiger partial charge in [-0.05, 0) is 12.1 Å². The Balaban J connectivity index is 1.90. The maximum Gasteiger partial charge on any atom is 0.328 e. The predicted molar refractivity (Wildman–Crippen MR) is 62.6 cm³/mol. The van der Waals surface area contributed by atoms with Crippen LogP contribution in [0.5, 0.6) is 11.5 Å². The largest absolute Gasteiger partial charge is 0.454 e. The maximum atomic E-state index is 11.8. The summed E-state index contributed by atoms with van der Waals surface area (Å²) in [6.07, 6.45) is 0. The minimum atomic E-state index is -0.406. The fraction of sp³-hybridized carbons (Fsp3) is 0.333. The molecule has 1 fully saturated rings. The van der Waals surface area contributed by atoms with Crippen molar-refractivity contribution in [1.82, 2.24) is 5.32 Å². The normalized spacial score (nSPS) is 22.1. The molecule has 1 saturated heterocycles. The molecule has 0 aromatic heterocycles. The minimum Gasteiger partial charge on any atom is -0.454 e. The first-order valence-electron chi connectivity index (χ1n) is 5.67. The van der Waals surface area contributed by atoms with Gasteiger partial charge in [0.1, 0.15) is 0 Å². The van der Waals surface area contributed by atoms with Gasteiger partial charge >= 0.3 is 6.03 Å². The average molecular weight is 248 g/mol. The van der Waals surface area contributed by atoms with E-state index in [0.29, 0.717) is 23.7 Å². The van der Waals surface area contributed by atoms with Crippen LogP contribution in [0, 0.1) is 5.92 Å². The quantitative estimate of drug-likeness (QED) is 0.808. The van der Waals surface area contributed by atoms with Gasteiger partial charge in [-0.25, -0.2) is 4.79 Å². The third kappa shape index (κ3) is 1.66. The van der Waals surface area contributed by atoms with Gasteiger partial charge in [-0.2, -0.15) is 0 Å². The molecule has 6 heteroatoms. The van der Waals surface area contributed by atoms with Crippen molar-refractivity contribution in [3.63, 3.8) is 0 Å². The van der Waals surface area contributed by atoms with E-state index in [-0.39, 0.29) is 18.6 Å². The van der Waals surface area contributed by atoms with Crippen LogP contribution in [-0.2, 0) is 4.79 Å². The van der Waals surface area contributed by atoms with E-state index < -0.39 is 6.03 Å². The fourth-order valence-electron chi connectivity index (χ4n) is 2.01. The Labute approximate surface area is 103 Å². The summed E-state index contributed by atoms with van der Waals surface area (Å²) in [4.78, 5) is 24.7. The van der Waals surface area contributed by atoms with Crippen molar-refractivity contribution < 1.29 is 19.1 Å². The third-order valence-electron chi connectivity index (χ3n) is 3.05. The number of hydrogen-bond acceptors (Lipinski definition) is 4. The number of rotatable bonds is 1. The summed E-state index contributed by atoms with van der Waals surface area (Å²) in [5.41, 5.74) is 0.691. The molecular formula is C12H12N2O4. The van der Waals surface area contributed by atoms with Gasteiger partial charge in [0.2, 0.25) is 12.7 Å². The van der Waals surface area contributed by atoms with E-state index in [9.17, 15) is 9.59 Å². The van der Waals surface area contributed by atoms with Crippen molar-refractivity contribution in [2.75, 3.05) is 18.2 Å². The number of nitrogens with one attached hydrogen (secondary N) is 1. The van der Waals surface area contributed by atoms with Gasteiger partial charge < -0.3 is 9.47 Å². The molecule has 3 amide bonds. The van der Waals surface area contributed by atoms with Crippen molar-refractivity contribution in [2.24, 2.45) is 5.92 Å².